The molecule has 10 heavy (non-hydrogen) atoms. The van der Waals surface area contributed by atoms with Crippen LogP contribution < -0.4 is 4.90 Å². The Labute approximate surface area is 59.5 Å². The van der Waals surface area contributed by atoms with Crippen molar-refractivity contribution in [2.75, 3.05) is 19.0 Å². The minimum Gasteiger partial charge on any atom is -0.430 e. The normalized spacial score (nSPS) is 8.90. The fraction of sp³-hybridized carbons (Fsp3) is 0.286. The maximum Gasteiger partial charge on any atom is 0.206 e. The Bertz CT molecular complexity index is 257. The average molecular weight is 136 g/mol. The Hall–Kier alpha value is -1.43. The van der Waals surface area contributed by atoms with E-state index in [4.69, 9.17) is 9.68 Å². The number of hydrogen-bond donors (Lipinski definition) is 0. The SMILES string of the molecule is CN(C)c1ccc(C#N)o1. The highest BCUT2D eigenvalue weighted by atomic mass is 16.4. The molecular weight excluding hydrogens is 128 g/mol. The molecule has 0 spiro atoms. The molecule has 0 fully saturated rings. The van der Waals surface area contributed by atoms with Crippen LogP contribution in [0, 0.1) is 11.3 Å². The van der Waals surface area contributed by atoms with E-state index in [1.807, 2.05) is 20.2 Å². The van der Waals surface area contributed by atoms with Gasteiger partial charge in [-0.05, 0) is 6.07 Å². The summed E-state index contributed by atoms with van der Waals surface area (Å²) in [5.41, 5.74) is 0. The summed E-state index contributed by atoms with van der Waals surface area (Å²) in [6.07, 6.45) is 0. The Morgan fingerprint density at radius 3 is 2.50 bits per heavy atom. The second-order valence-corrected chi connectivity index (χ2v) is 2.14. The Morgan fingerprint density at radius 1 is 1.50 bits per heavy atom. The molecule has 0 atom stereocenters. The monoisotopic (exact) mass is 136 g/mol. The highest BCUT2D eigenvalue weighted by Gasteiger charge is 2.00. The lowest BCUT2D eigenvalue weighted by Gasteiger charge is -2.05. The van der Waals surface area contributed by atoms with Crippen molar-refractivity contribution in [1.82, 2.24) is 0 Å². The number of nitrogens with zero attached hydrogens (tertiary/aromatic N) is 2. The summed E-state index contributed by atoms with van der Waals surface area (Å²) in [5.74, 6) is 1.06. The van der Waals surface area contributed by atoms with Gasteiger partial charge in [-0.25, -0.2) is 0 Å². The fourth-order valence-electron chi connectivity index (χ4n) is 0.628. The van der Waals surface area contributed by atoms with Gasteiger partial charge in [0.15, 0.2) is 5.88 Å². The molecule has 3 nitrogen and oxygen atoms in total. The van der Waals surface area contributed by atoms with Crippen molar-refractivity contribution in [2.45, 2.75) is 0 Å². The van der Waals surface area contributed by atoms with Gasteiger partial charge in [0.1, 0.15) is 6.07 Å². The molecule has 0 aromatic carbocycles. The Kier molecular flexibility index (Phi) is 1.63. The maximum atomic E-state index is 8.37. The quantitative estimate of drug-likeness (QED) is 0.582. The summed E-state index contributed by atoms with van der Waals surface area (Å²) in [4.78, 5) is 1.81. The molecule has 1 aromatic rings. The van der Waals surface area contributed by atoms with E-state index in [-0.39, 0.29) is 0 Å². The van der Waals surface area contributed by atoms with E-state index in [0.717, 1.165) is 0 Å². The average Bonchev–Trinajstić information content (AvgIpc) is 2.34. The van der Waals surface area contributed by atoms with Crippen LogP contribution in [0.2, 0.25) is 0 Å². The zero-order valence-corrected chi connectivity index (χ0v) is 5.96. The standard InChI is InChI=1S/C7H8N2O/c1-9(2)7-4-3-6(5-8)10-7/h3-4H,1-2H3. The minimum absolute atomic E-state index is 0.351. The molecule has 0 aliphatic rings. The van der Waals surface area contributed by atoms with E-state index in [1.54, 1.807) is 17.0 Å². The molecule has 1 heterocycles. The van der Waals surface area contributed by atoms with E-state index in [2.05, 4.69) is 0 Å². The molecule has 0 amide bonds. The molecule has 52 valence electrons. The van der Waals surface area contributed by atoms with Crippen molar-refractivity contribution in [3.8, 4) is 6.07 Å². The van der Waals surface area contributed by atoms with E-state index >= 15 is 0 Å². The van der Waals surface area contributed by atoms with E-state index in [1.165, 1.54) is 0 Å². The van der Waals surface area contributed by atoms with Crippen molar-refractivity contribution < 1.29 is 4.42 Å². The van der Waals surface area contributed by atoms with Crippen molar-refractivity contribution in [2.24, 2.45) is 0 Å². The first-order valence-electron chi connectivity index (χ1n) is 2.91. The summed E-state index contributed by atoms with van der Waals surface area (Å²) in [6, 6.07) is 5.32. The molecular formula is C7H8N2O. The lowest BCUT2D eigenvalue weighted by atomic mass is 10.5. The van der Waals surface area contributed by atoms with E-state index < -0.39 is 0 Å². The van der Waals surface area contributed by atoms with Crippen LogP contribution in [0.15, 0.2) is 16.5 Å². The molecule has 0 radical (unpaired) electrons. The van der Waals surface area contributed by atoms with Crippen LogP contribution in [0.4, 0.5) is 5.88 Å². The van der Waals surface area contributed by atoms with Gasteiger partial charge in [-0.3, -0.25) is 0 Å². The molecule has 0 bridgehead atoms. The second-order valence-electron chi connectivity index (χ2n) is 2.14. The number of nitriles is 1. The number of hydrogen-bond acceptors (Lipinski definition) is 3. The number of anilines is 1. The topological polar surface area (TPSA) is 40.2 Å². The molecule has 0 saturated carbocycles. The Morgan fingerprint density at radius 2 is 2.20 bits per heavy atom. The van der Waals surface area contributed by atoms with Crippen molar-refractivity contribution >= 4 is 5.88 Å². The van der Waals surface area contributed by atoms with Crippen LogP contribution in [0.1, 0.15) is 5.76 Å². The van der Waals surface area contributed by atoms with Gasteiger partial charge >= 0.3 is 0 Å². The van der Waals surface area contributed by atoms with Gasteiger partial charge in [0.25, 0.3) is 0 Å². The van der Waals surface area contributed by atoms with Crippen molar-refractivity contribution in [3.63, 3.8) is 0 Å². The second kappa shape index (κ2) is 2.44. The van der Waals surface area contributed by atoms with Crippen molar-refractivity contribution in [3.05, 3.63) is 17.9 Å². The third-order valence-electron chi connectivity index (χ3n) is 1.14. The van der Waals surface area contributed by atoms with Crippen molar-refractivity contribution in [1.29, 1.82) is 5.26 Å². The lowest BCUT2D eigenvalue weighted by molar-refractivity contribution is 0.551. The summed E-state index contributed by atoms with van der Waals surface area (Å²) in [7, 11) is 3.72. The number of rotatable bonds is 1. The van der Waals surface area contributed by atoms with Crippen LogP contribution >= 0.6 is 0 Å². The first kappa shape index (κ1) is 6.69. The molecule has 0 unspecified atom stereocenters. The molecule has 1 aromatic heterocycles. The van der Waals surface area contributed by atoms with Crippen LogP contribution in [-0.2, 0) is 0 Å². The predicted molar refractivity (Wildman–Crippen MR) is 37.8 cm³/mol. The summed E-state index contributed by atoms with van der Waals surface area (Å²) < 4.78 is 5.06. The van der Waals surface area contributed by atoms with E-state index in [0.29, 0.717) is 11.6 Å². The smallest absolute Gasteiger partial charge is 0.206 e. The van der Waals surface area contributed by atoms with Gasteiger partial charge in [0.2, 0.25) is 5.76 Å². The molecule has 0 aliphatic heterocycles. The third-order valence-corrected chi connectivity index (χ3v) is 1.14. The van der Waals surface area contributed by atoms with Gasteiger partial charge < -0.3 is 9.32 Å². The van der Waals surface area contributed by atoms with Crippen LogP contribution in [0.3, 0.4) is 0 Å². The Balaban J connectivity index is 2.91. The summed E-state index contributed by atoms with van der Waals surface area (Å²) in [6.45, 7) is 0. The predicted octanol–water partition coefficient (Wildman–Crippen LogP) is 1.22. The maximum absolute atomic E-state index is 8.37. The lowest BCUT2D eigenvalue weighted by Crippen LogP contribution is -2.06. The van der Waals surface area contributed by atoms with Gasteiger partial charge in [0, 0.05) is 20.2 Å². The van der Waals surface area contributed by atoms with Crippen LogP contribution in [0.5, 0.6) is 0 Å². The van der Waals surface area contributed by atoms with E-state index in [9.17, 15) is 0 Å². The molecule has 0 aliphatic carbocycles. The summed E-state index contributed by atoms with van der Waals surface area (Å²) >= 11 is 0. The van der Waals surface area contributed by atoms with Crippen LogP contribution in [-0.4, -0.2) is 14.1 Å². The zero-order chi connectivity index (χ0) is 7.56. The first-order chi connectivity index (χ1) is 4.74. The highest BCUT2D eigenvalue weighted by molar-refractivity contribution is 5.36. The third kappa shape index (κ3) is 1.11. The van der Waals surface area contributed by atoms with Gasteiger partial charge in [-0.2, -0.15) is 5.26 Å². The van der Waals surface area contributed by atoms with Gasteiger partial charge in [0.05, 0.1) is 0 Å². The van der Waals surface area contributed by atoms with Gasteiger partial charge in [-0.15, -0.1) is 0 Å². The summed E-state index contributed by atoms with van der Waals surface area (Å²) in [5, 5.41) is 8.37. The molecule has 0 saturated heterocycles. The molecule has 0 N–H and O–H groups in total. The van der Waals surface area contributed by atoms with Gasteiger partial charge in [-0.1, -0.05) is 0 Å². The largest absolute Gasteiger partial charge is 0.430 e. The zero-order valence-electron chi connectivity index (χ0n) is 5.96. The van der Waals surface area contributed by atoms with Crippen LogP contribution in [0.25, 0.3) is 0 Å². The minimum atomic E-state index is 0.351. The number of furan rings is 1. The molecule has 3 heteroatoms. The molecule has 1 rings (SSSR count). The highest BCUT2D eigenvalue weighted by Crippen LogP contribution is 2.14. The fourth-order valence-corrected chi connectivity index (χ4v) is 0.628. The first-order valence-corrected chi connectivity index (χ1v) is 2.91.